The van der Waals surface area contributed by atoms with Crippen LogP contribution in [0.1, 0.15) is 12.8 Å². The first-order valence-electron chi connectivity index (χ1n) is 9.06. The average molecular weight is 768 g/mol. The second-order valence-electron chi connectivity index (χ2n) is 6.15. The molecular formula is C22H18F3I3O3. The fraction of sp³-hybridized carbons (Fsp3) is 0.182. The molecule has 31 heavy (non-hydrogen) atoms. The Morgan fingerprint density at radius 2 is 1.00 bits per heavy atom. The Hall–Kier alpha value is -0.960. The SMILES string of the molecule is Fc1ccc(OCCCCOc2ccc(F)cc2I)c(I)c1.Oc1ccc(F)cc1I. The van der Waals surface area contributed by atoms with E-state index in [1.165, 1.54) is 42.5 Å². The topological polar surface area (TPSA) is 38.7 Å². The standard InChI is InChI=1S/C16H14F2I2O2.C6H4FIO/c17-11-3-5-15(13(19)9-11)21-7-1-2-8-22-16-6-4-12(18)10-14(16)20;7-4-1-2-6(9)5(8)3-4/h3-6,9-10H,1-2,7-8H2;1-3,9H. The van der Waals surface area contributed by atoms with Gasteiger partial charge < -0.3 is 14.6 Å². The van der Waals surface area contributed by atoms with Crippen LogP contribution < -0.4 is 9.47 Å². The Morgan fingerprint density at radius 1 is 0.613 bits per heavy atom. The van der Waals surface area contributed by atoms with Gasteiger partial charge in [-0.25, -0.2) is 13.2 Å². The molecule has 0 bridgehead atoms. The maximum absolute atomic E-state index is 13.0. The van der Waals surface area contributed by atoms with Gasteiger partial charge in [0.25, 0.3) is 0 Å². The first kappa shape index (κ1) is 26.3. The predicted molar refractivity (Wildman–Crippen MR) is 139 cm³/mol. The van der Waals surface area contributed by atoms with Gasteiger partial charge >= 0.3 is 0 Å². The number of phenols is 1. The molecule has 0 amide bonds. The molecular weight excluding hydrogens is 750 g/mol. The van der Waals surface area contributed by atoms with Crippen LogP contribution >= 0.6 is 67.8 Å². The Morgan fingerprint density at radius 3 is 1.35 bits per heavy atom. The number of ether oxygens (including phenoxy) is 2. The first-order valence-corrected chi connectivity index (χ1v) is 12.3. The molecule has 0 saturated heterocycles. The number of hydrogen-bond donors (Lipinski definition) is 1. The van der Waals surface area contributed by atoms with E-state index in [0.29, 0.717) is 28.3 Å². The molecule has 0 radical (unpaired) electrons. The van der Waals surface area contributed by atoms with Crippen LogP contribution in [-0.2, 0) is 0 Å². The van der Waals surface area contributed by atoms with Crippen LogP contribution in [0, 0.1) is 28.2 Å². The largest absolute Gasteiger partial charge is 0.507 e. The number of unbranched alkanes of at least 4 members (excludes halogenated alkanes) is 1. The summed E-state index contributed by atoms with van der Waals surface area (Å²) in [6.07, 6.45) is 1.65. The molecule has 9 heteroatoms. The van der Waals surface area contributed by atoms with Crippen LogP contribution in [0.15, 0.2) is 54.6 Å². The zero-order valence-corrected chi connectivity index (χ0v) is 22.5. The highest BCUT2D eigenvalue weighted by atomic mass is 127. The Balaban J connectivity index is 0.000000316. The number of benzene rings is 3. The summed E-state index contributed by atoms with van der Waals surface area (Å²) in [7, 11) is 0. The van der Waals surface area contributed by atoms with E-state index in [9.17, 15) is 13.2 Å². The predicted octanol–water partition coefficient (Wildman–Crippen LogP) is 7.55. The van der Waals surface area contributed by atoms with Gasteiger partial charge in [-0.2, -0.15) is 0 Å². The van der Waals surface area contributed by atoms with E-state index in [-0.39, 0.29) is 23.2 Å². The Bertz CT molecular complexity index is 947. The van der Waals surface area contributed by atoms with Gasteiger partial charge in [-0.1, -0.05) is 0 Å². The summed E-state index contributed by atoms with van der Waals surface area (Å²) in [5.74, 6) is 0.652. The van der Waals surface area contributed by atoms with Crippen LogP contribution in [0.25, 0.3) is 0 Å². The number of rotatable bonds is 7. The lowest BCUT2D eigenvalue weighted by molar-refractivity contribution is 0.264. The van der Waals surface area contributed by atoms with E-state index in [4.69, 9.17) is 14.6 Å². The molecule has 3 nitrogen and oxygen atoms in total. The highest BCUT2D eigenvalue weighted by molar-refractivity contribution is 14.1. The van der Waals surface area contributed by atoms with Crippen molar-refractivity contribution in [2.24, 2.45) is 0 Å². The minimum atomic E-state index is -0.322. The first-order chi connectivity index (χ1) is 14.8. The van der Waals surface area contributed by atoms with Crippen LogP contribution in [0.3, 0.4) is 0 Å². The molecule has 3 aromatic carbocycles. The molecule has 0 atom stereocenters. The molecule has 0 heterocycles. The van der Waals surface area contributed by atoms with Crippen molar-refractivity contribution in [2.75, 3.05) is 13.2 Å². The van der Waals surface area contributed by atoms with Gasteiger partial charge in [-0.05, 0) is 135 Å². The van der Waals surface area contributed by atoms with Gasteiger partial charge in [0.1, 0.15) is 34.7 Å². The van der Waals surface area contributed by atoms with Crippen LogP contribution in [-0.4, -0.2) is 18.3 Å². The van der Waals surface area contributed by atoms with Crippen molar-refractivity contribution < 1.29 is 27.8 Å². The van der Waals surface area contributed by atoms with Crippen molar-refractivity contribution in [3.05, 3.63) is 82.8 Å². The van der Waals surface area contributed by atoms with Crippen molar-refractivity contribution >= 4 is 67.8 Å². The van der Waals surface area contributed by atoms with E-state index in [2.05, 4.69) is 0 Å². The van der Waals surface area contributed by atoms with Crippen molar-refractivity contribution in [1.29, 1.82) is 0 Å². The van der Waals surface area contributed by atoms with E-state index < -0.39 is 0 Å². The third kappa shape index (κ3) is 9.60. The van der Waals surface area contributed by atoms with Crippen LogP contribution in [0.4, 0.5) is 13.2 Å². The third-order valence-electron chi connectivity index (χ3n) is 3.75. The number of hydrogen-bond acceptors (Lipinski definition) is 3. The van der Waals surface area contributed by atoms with Gasteiger partial charge in [-0.15, -0.1) is 0 Å². The summed E-state index contributed by atoms with van der Waals surface area (Å²) < 4.78 is 51.4. The second kappa shape index (κ2) is 13.6. The van der Waals surface area contributed by atoms with Crippen molar-refractivity contribution in [2.45, 2.75) is 12.8 Å². The summed E-state index contributed by atoms with van der Waals surface area (Å²) in [6.45, 7) is 1.09. The molecule has 0 unspecified atom stereocenters. The fourth-order valence-electron chi connectivity index (χ4n) is 2.23. The molecule has 0 aliphatic rings. The summed E-state index contributed by atoms with van der Waals surface area (Å²) in [5.41, 5.74) is 0. The molecule has 1 N–H and O–H groups in total. The van der Waals surface area contributed by atoms with Crippen LogP contribution in [0.5, 0.6) is 17.2 Å². The number of phenolic OH excluding ortho intramolecular Hbond substituents is 1. The fourth-order valence-corrected chi connectivity index (χ4v) is 3.98. The normalized spacial score (nSPS) is 10.3. The smallest absolute Gasteiger partial charge is 0.132 e. The maximum Gasteiger partial charge on any atom is 0.132 e. The van der Waals surface area contributed by atoms with Gasteiger partial charge in [-0.3, -0.25) is 0 Å². The molecule has 166 valence electrons. The third-order valence-corrected chi connectivity index (χ3v) is 6.30. The monoisotopic (exact) mass is 768 g/mol. The zero-order valence-electron chi connectivity index (χ0n) is 16.1. The van der Waals surface area contributed by atoms with E-state index in [0.717, 1.165) is 20.0 Å². The molecule has 0 aliphatic heterocycles. The summed E-state index contributed by atoms with van der Waals surface area (Å²) >= 11 is 5.95. The minimum absolute atomic E-state index is 0.122. The Kier molecular flexibility index (Phi) is 11.5. The van der Waals surface area contributed by atoms with Gasteiger partial charge in [0.2, 0.25) is 0 Å². The van der Waals surface area contributed by atoms with Crippen LogP contribution in [0.2, 0.25) is 0 Å². The molecule has 3 rings (SSSR count). The Labute approximate surface area is 219 Å². The molecule has 0 aliphatic carbocycles. The summed E-state index contributed by atoms with van der Waals surface area (Å²) in [6, 6.07) is 12.7. The number of aromatic hydroxyl groups is 1. The van der Waals surface area contributed by atoms with E-state index in [1.54, 1.807) is 12.1 Å². The lowest BCUT2D eigenvalue weighted by Crippen LogP contribution is -2.04. The van der Waals surface area contributed by atoms with Crippen molar-refractivity contribution in [3.8, 4) is 17.2 Å². The van der Waals surface area contributed by atoms with E-state index >= 15 is 0 Å². The summed E-state index contributed by atoms with van der Waals surface area (Å²) in [4.78, 5) is 0. The average Bonchev–Trinajstić information content (AvgIpc) is 2.71. The van der Waals surface area contributed by atoms with Crippen molar-refractivity contribution in [1.82, 2.24) is 0 Å². The summed E-state index contributed by atoms with van der Waals surface area (Å²) in [5, 5.41) is 8.87. The minimum Gasteiger partial charge on any atom is -0.507 e. The quantitative estimate of drug-likeness (QED) is 0.200. The molecule has 0 saturated carbocycles. The highest BCUT2D eigenvalue weighted by Gasteiger charge is 2.04. The molecule has 0 spiro atoms. The highest BCUT2D eigenvalue weighted by Crippen LogP contribution is 2.23. The lowest BCUT2D eigenvalue weighted by atomic mass is 10.3. The zero-order chi connectivity index (χ0) is 22.8. The van der Waals surface area contributed by atoms with Gasteiger partial charge in [0.05, 0.1) is 23.9 Å². The maximum atomic E-state index is 13.0. The number of halogens is 6. The van der Waals surface area contributed by atoms with Crippen molar-refractivity contribution in [3.63, 3.8) is 0 Å². The molecule has 0 fully saturated rings. The lowest BCUT2D eigenvalue weighted by Gasteiger charge is -2.10. The molecule has 0 aromatic heterocycles. The van der Waals surface area contributed by atoms with Gasteiger partial charge in [0, 0.05) is 0 Å². The van der Waals surface area contributed by atoms with E-state index in [1.807, 2.05) is 67.8 Å². The second-order valence-corrected chi connectivity index (χ2v) is 9.64. The molecule has 3 aromatic rings. The van der Waals surface area contributed by atoms with Gasteiger partial charge in [0.15, 0.2) is 0 Å².